The van der Waals surface area contributed by atoms with Crippen molar-refractivity contribution in [1.29, 1.82) is 0 Å². The Balaban J connectivity index is 1.42. The van der Waals surface area contributed by atoms with Gasteiger partial charge in [0.05, 0.1) is 7.11 Å². The monoisotopic (exact) mass is 503 g/mol. The van der Waals surface area contributed by atoms with Crippen molar-refractivity contribution >= 4 is 34.4 Å². The van der Waals surface area contributed by atoms with E-state index in [0.717, 1.165) is 27.6 Å². The van der Waals surface area contributed by atoms with E-state index in [2.05, 4.69) is 10.3 Å². The number of carbonyl (C=O) groups is 2. The van der Waals surface area contributed by atoms with Gasteiger partial charge in [-0.25, -0.2) is 0 Å². The summed E-state index contributed by atoms with van der Waals surface area (Å²) < 4.78 is 5.03. The zero-order valence-corrected chi connectivity index (χ0v) is 20.5. The lowest BCUT2D eigenvalue weighted by Crippen LogP contribution is -2.38. The molecule has 2 atom stereocenters. The van der Waals surface area contributed by atoms with Gasteiger partial charge in [0.25, 0.3) is 5.91 Å². The van der Waals surface area contributed by atoms with Gasteiger partial charge in [0.15, 0.2) is 0 Å². The number of halogens is 1. The number of carbonyl (C=O) groups excluding carboxylic acids is 2. The molecule has 1 aliphatic heterocycles. The zero-order chi connectivity index (χ0) is 25.2. The number of aromatic nitrogens is 1. The molecule has 3 aromatic carbocycles. The third-order valence-electron chi connectivity index (χ3n) is 6.56. The molecule has 7 nitrogen and oxygen atoms in total. The Bertz CT molecular complexity index is 1420. The largest absolute Gasteiger partial charge is 0.508 e. The molecule has 1 saturated heterocycles. The third-order valence-corrected chi connectivity index (χ3v) is 6.79. The smallest absolute Gasteiger partial charge is 0.323 e. The van der Waals surface area contributed by atoms with E-state index in [1.54, 1.807) is 24.3 Å². The normalized spacial score (nSPS) is 17.8. The zero-order valence-electron chi connectivity index (χ0n) is 19.7. The van der Waals surface area contributed by atoms with Gasteiger partial charge in [-0.05, 0) is 47.9 Å². The van der Waals surface area contributed by atoms with Gasteiger partial charge >= 0.3 is 5.97 Å². The number of esters is 1. The molecule has 1 fully saturated rings. The van der Waals surface area contributed by atoms with Crippen molar-refractivity contribution in [2.75, 3.05) is 13.7 Å². The molecule has 1 aliphatic rings. The molecule has 5 rings (SSSR count). The molecule has 0 radical (unpaired) electrons. The highest BCUT2D eigenvalue weighted by Crippen LogP contribution is 2.34. The van der Waals surface area contributed by atoms with Crippen LogP contribution in [0, 0.1) is 0 Å². The minimum atomic E-state index is -0.502. The van der Waals surface area contributed by atoms with E-state index in [1.165, 1.54) is 7.11 Å². The maximum Gasteiger partial charge on any atom is 0.323 e. The summed E-state index contributed by atoms with van der Waals surface area (Å²) in [6, 6.07) is 21.4. The lowest BCUT2D eigenvalue weighted by Gasteiger charge is -2.22. The van der Waals surface area contributed by atoms with Gasteiger partial charge in [-0.15, -0.1) is 0 Å². The molecule has 0 aliphatic carbocycles. The molecule has 1 aromatic heterocycles. The number of aromatic hydroxyl groups is 1. The number of benzene rings is 3. The molecular formula is C28H26ClN3O4. The standard InChI is InChI=1S/C28H26ClN3O4/c1-36-28(35)24-14-20(16-32(24)15-17-6-5-9-21(33)12-17)30-27(34)26-25(18-7-3-2-4-8-18)22-13-19(29)10-11-23(22)31-26/h2-13,20,24,31,33H,14-16H2,1H3,(H,30,34)/t20-,24-/m0/s1. The number of phenolic OH excluding ortho intramolecular Hbond substituents is 1. The summed E-state index contributed by atoms with van der Waals surface area (Å²) in [6.07, 6.45) is 0.421. The second-order valence-electron chi connectivity index (χ2n) is 8.98. The van der Waals surface area contributed by atoms with Gasteiger partial charge in [0.2, 0.25) is 0 Å². The van der Waals surface area contributed by atoms with Crippen LogP contribution in [-0.4, -0.2) is 52.6 Å². The molecule has 0 unspecified atom stereocenters. The number of likely N-dealkylation sites (tertiary alicyclic amines) is 1. The predicted molar refractivity (Wildman–Crippen MR) is 139 cm³/mol. The minimum absolute atomic E-state index is 0.165. The summed E-state index contributed by atoms with van der Waals surface area (Å²) in [5, 5.41) is 14.4. The van der Waals surface area contributed by atoms with Gasteiger partial charge in [0, 0.05) is 40.6 Å². The van der Waals surface area contributed by atoms with E-state index in [0.29, 0.717) is 30.2 Å². The number of fused-ring (bicyclic) bond motifs is 1. The van der Waals surface area contributed by atoms with Crippen molar-refractivity contribution < 1.29 is 19.4 Å². The molecule has 0 saturated carbocycles. The van der Waals surface area contributed by atoms with Crippen LogP contribution < -0.4 is 5.32 Å². The van der Waals surface area contributed by atoms with Gasteiger partial charge < -0.3 is 20.1 Å². The Kier molecular flexibility index (Phi) is 6.67. The molecule has 4 aromatic rings. The first-order valence-corrected chi connectivity index (χ1v) is 12.1. The fourth-order valence-corrected chi connectivity index (χ4v) is 5.12. The van der Waals surface area contributed by atoms with Crippen LogP contribution >= 0.6 is 11.6 Å². The first-order chi connectivity index (χ1) is 17.4. The average Bonchev–Trinajstić information content (AvgIpc) is 3.45. The number of methoxy groups -OCH3 is 1. The van der Waals surface area contributed by atoms with Crippen molar-refractivity contribution in [2.45, 2.75) is 25.0 Å². The van der Waals surface area contributed by atoms with Crippen molar-refractivity contribution in [1.82, 2.24) is 15.2 Å². The maximum atomic E-state index is 13.6. The van der Waals surface area contributed by atoms with Gasteiger partial charge in [-0.1, -0.05) is 54.1 Å². The van der Waals surface area contributed by atoms with Gasteiger partial charge in [0.1, 0.15) is 17.5 Å². The Morgan fingerprint density at radius 1 is 1.11 bits per heavy atom. The molecule has 0 bridgehead atoms. The minimum Gasteiger partial charge on any atom is -0.508 e. The first kappa shape index (κ1) is 23.9. The van der Waals surface area contributed by atoms with Crippen molar-refractivity contribution in [3.05, 3.63) is 89.1 Å². The molecular weight excluding hydrogens is 478 g/mol. The second-order valence-corrected chi connectivity index (χ2v) is 9.41. The predicted octanol–water partition coefficient (Wildman–Crippen LogP) is 4.74. The Hall–Kier alpha value is -3.81. The van der Waals surface area contributed by atoms with E-state index in [-0.39, 0.29) is 23.7 Å². The number of ether oxygens (including phenoxy) is 1. The van der Waals surface area contributed by atoms with E-state index >= 15 is 0 Å². The van der Waals surface area contributed by atoms with Crippen LogP contribution in [0.5, 0.6) is 5.75 Å². The van der Waals surface area contributed by atoms with Crippen LogP contribution in [0.1, 0.15) is 22.5 Å². The number of H-pyrrole nitrogens is 1. The van der Waals surface area contributed by atoms with Crippen LogP contribution in [0.2, 0.25) is 5.02 Å². The number of amides is 1. The molecule has 2 heterocycles. The van der Waals surface area contributed by atoms with E-state index in [9.17, 15) is 14.7 Å². The lowest BCUT2D eigenvalue weighted by atomic mass is 10.0. The topological polar surface area (TPSA) is 94.7 Å². The summed E-state index contributed by atoms with van der Waals surface area (Å²) in [5.74, 6) is -0.440. The number of rotatable bonds is 6. The van der Waals surface area contributed by atoms with Crippen LogP contribution in [0.15, 0.2) is 72.8 Å². The fraction of sp³-hybridized carbons (Fsp3) is 0.214. The summed E-state index contributed by atoms with van der Waals surface area (Å²) >= 11 is 6.28. The van der Waals surface area contributed by atoms with Crippen LogP contribution in [0.4, 0.5) is 0 Å². The van der Waals surface area contributed by atoms with Crippen LogP contribution in [-0.2, 0) is 16.1 Å². The van der Waals surface area contributed by atoms with Crippen LogP contribution in [0.3, 0.4) is 0 Å². The molecule has 184 valence electrons. The fourth-order valence-electron chi connectivity index (χ4n) is 4.95. The number of nitrogens with zero attached hydrogens (tertiary/aromatic N) is 1. The summed E-state index contributed by atoms with van der Waals surface area (Å²) in [4.78, 5) is 31.3. The highest BCUT2D eigenvalue weighted by atomic mass is 35.5. The van der Waals surface area contributed by atoms with Crippen molar-refractivity contribution in [3.63, 3.8) is 0 Å². The summed E-state index contributed by atoms with van der Waals surface area (Å²) in [7, 11) is 1.36. The Morgan fingerprint density at radius 3 is 2.67 bits per heavy atom. The molecule has 3 N–H and O–H groups in total. The van der Waals surface area contributed by atoms with Crippen LogP contribution in [0.25, 0.3) is 22.0 Å². The number of hydrogen-bond donors (Lipinski definition) is 3. The third kappa shape index (κ3) is 4.80. The molecule has 0 spiro atoms. The lowest BCUT2D eigenvalue weighted by molar-refractivity contribution is -0.146. The molecule has 36 heavy (non-hydrogen) atoms. The first-order valence-electron chi connectivity index (χ1n) is 11.7. The number of phenols is 1. The SMILES string of the molecule is COC(=O)[C@@H]1C[C@H](NC(=O)c2[nH]c3ccc(Cl)cc3c2-c2ccccc2)CN1Cc1cccc(O)c1. The average molecular weight is 504 g/mol. The molecule has 1 amide bonds. The highest BCUT2D eigenvalue weighted by molar-refractivity contribution is 6.31. The highest BCUT2D eigenvalue weighted by Gasteiger charge is 2.38. The quantitative estimate of drug-likeness (QED) is 0.330. The maximum absolute atomic E-state index is 13.6. The van der Waals surface area contributed by atoms with E-state index in [1.807, 2.05) is 53.4 Å². The van der Waals surface area contributed by atoms with Gasteiger partial charge in [-0.3, -0.25) is 14.5 Å². The number of nitrogens with one attached hydrogen (secondary N) is 2. The van der Waals surface area contributed by atoms with Gasteiger partial charge in [-0.2, -0.15) is 0 Å². The number of aromatic amines is 1. The summed E-state index contributed by atoms with van der Waals surface area (Å²) in [5.41, 5.74) is 3.81. The summed E-state index contributed by atoms with van der Waals surface area (Å²) in [6.45, 7) is 0.911. The second kappa shape index (κ2) is 10.0. The van der Waals surface area contributed by atoms with E-state index in [4.69, 9.17) is 16.3 Å². The van der Waals surface area contributed by atoms with E-state index < -0.39 is 6.04 Å². The molecule has 8 heteroatoms. The Morgan fingerprint density at radius 2 is 1.92 bits per heavy atom. The Labute approximate surface area is 213 Å². The van der Waals surface area contributed by atoms with Crippen molar-refractivity contribution in [3.8, 4) is 16.9 Å². The van der Waals surface area contributed by atoms with Crippen molar-refractivity contribution in [2.24, 2.45) is 0 Å². The number of hydrogen-bond acceptors (Lipinski definition) is 5.